The number of rotatable bonds is 7. The van der Waals surface area contributed by atoms with Crippen LogP contribution in [0.1, 0.15) is 37.0 Å². The molecule has 0 aromatic heterocycles. The third kappa shape index (κ3) is 4.55. The van der Waals surface area contributed by atoms with Crippen LogP contribution in [0, 0.1) is 0 Å². The normalized spacial score (nSPS) is 12.2. The van der Waals surface area contributed by atoms with E-state index in [4.69, 9.17) is 0 Å². The van der Waals surface area contributed by atoms with Crippen molar-refractivity contribution in [2.24, 2.45) is 0 Å². The Bertz CT molecular complexity index is 539. The van der Waals surface area contributed by atoms with E-state index < -0.39 is 0 Å². The first-order chi connectivity index (χ1) is 9.76. The molecule has 0 saturated carbocycles. The maximum Gasteiger partial charge on any atom is -0.0178 e. The van der Waals surface area contributed by atoms with Crippen molar-refractivity contribution >= 4 is 11.6 Å². The van der Waals surface area contributed by atoms with E-state index in [0.717, 1.165) is 12.8 Å². The van der Waals surface area contributed by atoms with Crippen LogP contribution in [0.5, 0.6) is 0 Å². The molecule has 0 atom stereocenters. The van der Waals surface area contributed by atoms with E-state index >= 15 is 0 Å². The lowest BCUT2D eigenvalue weighted by Gasteiger charge is -2.08. The molecule has 104 valence electrons. The fraction of sp³-hybridized carbons (Fsp3) is 0.200. The third-order valence-electron chi connectivity index (χ3n) is 3.10. The summed E-state index contributed by atoms with van der Waals surface area (Å²) in [5.41, 5.74) is 5.02. The summed E-state index contributed by atoms with van der Waals surface area (Å²) in [6.07, 6.45) is 16.2. The lowest BCUT2D eigenvalue weighted by molar-refractivity contribution is 1.13. The monoisotopic (exact) mass is 264 g/mol. The molecule has 0 fully saturated rings. The van der Waals surface area contributed by atoms with Crippen molar-refractivity contribution < 1.29 is 0 Å². The first-order valence-electron chi connectivity index (χ1n) is 7.18. The molecular weight excluding hydrogens is 240 g/mol. The number of hydrogen-bond acceptors (Lipinski definition) is 0. The second-order valence-corrected chi connectivity index (χ2v) is 4.53. The Kier molecular flexibility index (Phi) is 7.13. The number of benzene rings is 1. The molecule has 0 bridgehead atoms. The second kappa shape index (κ2) is 8.92. The molecule has 0 aliphatic rings. The predicted octanol–water partition coefficient (Wildman–Crippen LogP) is 5.98. The van der Waals surface area contributed by atoms with Gasteiger partial charge in [-0.1, -0.05) is 81.7 Å². The highest BCUT2D eigenvalue weighted by Gasteiger charge is 2.02. The molecule has 0 N–H and O–H groups in total. The highest BCUT2D eigenvalue weighted by molar-refractivity contribution is 5.77. The van der Waals surface area contributed by atoms with Crippen LogP contribution in [-0.2, 0) is 6.42 Å². The lowest BCUT2D eigenvalue weighted by Crippen LogP contribution is -1.90. The molecule has 0 spiro atoms. The minimum Gasteiger partial charge on any atom is -0.0991 e. The van der Waals surface area contributed by atoms with Gasteiger partial charge >= 0.3 is 0 Å². The first-order valence-corrected chi connectivity index (χ1v) is 7.18. The average Bonchev–Trinajstić information content (AvgIpc) is 2.49. The average molecular weight is 264 g/mol. The zero-order valence-corrected chi connectivity index (χ0v) is 12.6. The van der Waals surface area contributed by atoms with Crippen LogP contribution in [0.15, 0.2) is 67.8 Å². The summed E-state index contributed by atoms with van der Waals surface area (Å²) < 4.78 is 0. The number of allylic oxidation sites excluding steroid dienone is 7. The minimum atomic E-state index is 1.03. The minimum absolute atomic E-state index is 1.03. The Morgan fingerprint density at radius 2 is 1.95 bits per heavy atom. The van der Waals surface area contributed by atoms with Crippen molar-refractivity contribution in [1.82, 2.24) is 0 Å². The van der Waals surface area contributed by atoms with Gasteiger partial charge in [-0.3, -0.25) is 0 Å². The zero-order valence-electron chi connectivity index (χ0n) is 12.6. The third-order valence-corrected chi connectivity index (χ3v) is 3.10. The Balaban J connectivity index is 3.26. The molecule has 0 saturated heterocycles. The van der Waals surface area contributed by atoms with Crippen molar-refractivity contribution in [2.75, 3.05) is 0 Å². The molecule has 1 aromatic carbocycles. The molecule has 0 amide bonds. The van der Waals surface area contributed by atoms with Crippen LogP contribution < -0.4 is 0 Å². The van der Waals surface area contributed by atoms with E-state index in [1.165, 1.54) is 22.3 Å². The van der Waals surface area contributed by atoms with E-state index in [1.54, 1.807) is 0 Å². The summed E-state index contributed by atoms with van der Waals surface area (Å²) in [5, 5.41) is 0. The molecule has 0 aliphatic carbocycles. The predicted molar refractivity (Wildman–Crippen MR) is 92.7 cm³/mol. The highest BCUT2D eigenvalue weighted by atomic mass is 14.1. The van der Waals surface area contributed by atoms with Crippen molar-refractivity contribution in [1.29, 1.82) is 0 Å². The molecular formula is C20H24. The summed E-state index contributed by atoms with van der Waals surface area (Å²) in [6, 6.07) is 6.61. The Labute approximate surface area is 123 Å². The van der Waals surface area contributed by atoms with Crippen LogP contribution in [0.3, 0.4) is 0 Å². The molecule has 0 unspecified atom stereocenters. The largest absolute Gasteiger partial charge is 0.0991 e. The number of hydrogen-bond donors (Lipinski definition) is 0. The van der Waals surface area contributed by atoms with Gasteiger partial charge in [-0.2, -0.15) is 0 Å². The fourth-order valence-corrected chi connectivity index (χ4v) is 2.04. The zero-order chi connectivity index (χ0) is 14.8. The van der Waals surface area contributed by atoms with Crippen molar-refractivity contribution in [2.45, 2.75) is 26.7 Å². The highest BCUT2D eigenvalue weighted by Crippen LogP contribution is 2.22. The van der Waals surface area contributed by atoms with E-state index in [-0.39, 0.29) is 0 Å². The molecule has 20 heavy (non-hydrogen) atoms. The summed E-state index contributed by atoms with van der Waals surface area (Å²) >= 11 is 0. The van der Waals surface area contributed by atoms with E-state index in [2.05, 4.69) is 63.4 Å². The van der Waals surface area contributed by atoms with E-state index in [0.29, 0.717) is 0 Å². The summed E-state index contributed by atoms with van der Waals surface area (Å²) in [7, 11) is 0. The Hall–Kier alpha value is -2.08. The summed E-state index contributed by atoms with van der Waals surface area (Å²) in [4.78, 5) is 0. The van der Waals surface area contributed by atoms with Gasteiger partial charge < -0.3 is 0 Å². The van der Waals surface area contributed by atoms with Gasteiger partial charge in [0, 0.05) is 0 Å². The second-order valence-electron chi connectivity index (χ2n) is 4.53. The molecule has 0 radical (unpaired) electrons. The van der Waals surface area contributed by atoms with Crippen molar-refractivity contribution in [3.63, 3.8) is 0 Å². The maximum absolute atomic E-state index is 3.80. The fourth-order valence-electron chi connectivity index (χ4n) is 2.04. The van der Waals surface area contributed by atoms with E-state index in [1.807, 2.05) is 24.3 Å². The summed E-state index contributed by atoms with van der Waals surface area (Å²) in [5.74, 6) is 0. The van der Waals surface area contributed by atoms with Crippen LogP contribution in [0.2, 0.25) is 0 Å². The van der Waals surface area contributed by atoms with Gasteiger partial charge in [-0.15, -0.1) is 0 Å². The standard InChI is InChI=1S/C20H24/c1-5-9-12-18(11-7-3)20-15-14-17(8-4)19(16-20)13-10-6-2/h6-7,9-16H,2-3,5,8H2,1,4H3/b12-9-,13-10-,18-11+. The van der Waals surface area contributed by atoms with Gasteiger partial charge in [-0.05, 0) is 41.2 Å². The van der Waals surface area contributed by atoms with Gasteiger partial charge in [0.2, 0.25) is 0 Å². The van der Waals surface area contributed by atoms with Crippen LogP contribution in [0.4, 0.5) is 0 Å². The van der Waals surface area contributed by atoms with Crippen molar-refractivity contribution in [3.05, 3.63) is 84.5 Å². The summed E-state index contributed by atoms with van der Waals surface area (Å²) in [6.45, 7) is 11.9. The van der Waals surface area contributed by atoms with Gasteiger partial charge in [0.25, 0.3) is 0 Å². The molecule has 0 aliphatic heterocycles. The Morgan fingerprint density at radius 1 is 1.15 bits per heavy atom. The quantitative estimate of drug-likeness (QED) is 0.531. The molecule has 1 aromatic rings. The van der Waals surface area contributed by atoms with Crippen LogP contribution >= 0.6 is 0 Å². The molecule has 0 heteroatoms. The van der Waals surface area contributed by atoms with Crippen LogP contribution in [0.25, 0.3) is 11.6 Å². The van der Waals surface area contributed by atoms with Gasteiger partial charge in [-0.25, -0.2) is 0 Å². The van der Waals surface area contributed by atoms with Crippen molar-refractivity contribution in [3.8, 4) is 0 Å². The van der Waals surface area contributed by atoms with Gasteiger partial charge in [0.1, 0.15) is 0 Å². The number of aryl methyl sites for hydroxylation is 1. The molecule has 0 nitrogen and oxygen atoms in total. The smallest absolute Gasteiger partial charge is 0.0178 e. The SMILES string of the molecule is C=C/C=C\c1cc(C(/C=C\CC)=C/C=C)ccc1CC. The molecule has 0 heterocycles. The van der Waals surface area contributed by atoms with Gasteiger partial charge in [0.15, 0.2) is 0 Å². The maximum atomic E-state index is 3.80. The van der Waals surface area contributed by atoms with E-state index in [9.17, 15) is 0 Å². The molecule has 1 rings (SSSR count). The van der Waals surface area contributed by atoms with Gasteiger partial charge in [0.05, 0.1) is 0 Å². The lowest BCUT2D eigenvalue weighted by atomic mass is 9.97. The first kappa shape index (κ1) is 16.0. The van der Waals surface area contributed by atoms with Crippen LogP contribution in [-0.4, -0.2) is 0 Å². The Morgan fingerprint density at radius 3 is 2.55 bits per heavy atom. The topological polar surface area (TPSA) is 0 Å².